The minimum Gasteiger partial charge on any atom is -0.480 e. The molecule has 82 valence electrons. The Labute approximate surface area is 86.0 Å². The Balaban J connectivity index is 2.35. The fourth-order valence-electron chi connectivity index (χ4n) is 2.16. The SMILES string of the molecule is O=C(O)[C@H]1[C@]2(C=CC(F)=CC2)CS1(=O)=O. The van der Waals surface area contributed by atoms with Crippen molar-refractivity contribution in [1.29, 1.82) is 0 Å². The van der Waals surface area contributed by atoms with Gasteiger partial charge in [-0.3, -0.25) is 4.79 Å². The second kappa shape index (κ2) is 2.91. The van der Waals surface area contributed by atoms with Crippen LogP contribution in [0.4, 0.5) is 4.39 Å². The van der Waals surface area contributed by atoms with Crippen LogP contribution in [0.1, 0.15) is 6.42 Å². The molecule has 1 N–H and O–H groups in total. The van der Waals surface area contributed by atoms with Crippen molar-refractivity contribution < 1.29 is 22.7 Å². The van der Waals surface area contributed by atoms with E-state index in [4.69, 9.17) is 5.11 Å². The molecule has 15 heavy (non-hydrogen) atoms. The molecule has 1 spiro atoms. The van der Waals surface area contributed by atoms with Crippen molar-refractivity contribution in [2.45, 2.75) is 11.7 Å². The average Bonchev–Trinajstić information content (AvgIpc) is 2.06. The normalized spacial score (nSPS) is 37.1. The Morgan fingerprint density at radius 3 is 2.67 bits per heavy atom. The Bertz CT molecular complexity index is 476. The molecule has 0 aromatic heterocycles. The molecule has 2 rings (SSSR count). The molecule has 0 saturated carbocycles. The molecule has 2 atom stereocenters. The first kappa shape index (κ1) is 10.4. The fourth-order valence-corrected chi connectivity index (χ4v) is 4.44. The molecule has 1 heterocycles. The summed E-state index contributed by atoms with van der Waals surface area (Å²) in [5.74, 6) is -2.02. The van der Waals surface area contributed by atoms with Gasteiger partial charge in [-0.1, -0.05) is 6.08 Å². The summed E-state index contributed by atoms with van der Waals surface area (Å²) in [4.78, 5) is 10.8. The van der Waals surface area contributed by atoms with Crippen molar-refractivity contribution in [3.63, 3.8) is 0 Å². The molecule has 1 aliphatic carbocycles. The molecule has 4 nitrogen and oxygen atoms in total. The first-order valence-corrected chi connectivity index (χ1v) is 6.08. The highest BCUT2D eigenvalue weighted by atomic mass is 32.2. The number of carbonyl (C=O) groups is 1. The van der Waals surface area contributed by atoms with Gasteiger partial charge in [0.2, 0.25) is 0 Å². The molecule has 1 saturated heterocycles. The smallest absolute Gasteiger partial charge is 0.322 e. The van der Waals surface area contributed by atoms with Crippen molar-refractivity contribution in [2.75, 3.05) is 5.75 Å². The zero-order valence-corrected chi connectivity index (χ0v) is 8.50. The molecule has 0 aromatic rings. The molecule has 0 unspecified atom stereocenters. The van der Waals surface area contributed by atoms with Crippen LogP contribution in [0, 0.1) is 5.41 Å². The molecule has 6 heteroatoms. The van der Waals surface area contributed by atoms with Crippen LogP contribution in [0.3, 0.4) is 0 Å². The van der Waals surface area contributed by atoms with Gasteiger partial charge in [0.15, 0.2) is 15.1 Å². The number of aliphatic carboxylic acids is 1. The first-order chi connectivity index (χ1) is 6.87. The van der Waals surface area contributed by atoms with E-state index in [1.807, 2.05) is 0 Å². The van der Waals surface area contributed by atoms with Gasteiger partial charge in [0.25, 0.3) is 0 Å². The van der Waals surface area contributed by atoms with Crippen molar-refractivity contribution in [3.8, 4) is 0 Å². The molecule has 0 radical (unpaired) electrons. The number of sulfone groups is 1. The Hall–Kier alpha value is -1.17. The standard InChI is InChI=1S/C9H9FO4S/c10-6-1-3-9(4-2-6)5-15(13,14)7(9)8(11)12/h1-3,7H,4-5H2,(H,11,12)/t7-,9-/m0/s1. The van der Waals surface area contributed by atoms with Gasteiger partial charge in [-0.15, -0.1) is 0 Å². The monoisotopic (exact) mass is 232 g/mol. The zero-order valence-electron chi connectivity index (χ0n) is 7.68. The molecule has 0 aromatic carbocycles. The number of hydrogen-bond acceptors (Lipinski definition) is 3. The number of halogens is 1. The summed E-state index contributed by atoms with van der Waals surface area (Å²) in [6, 6.07) is 0. The van der Waals surface area contributed by atoms with Gasteiger partial charge in [-0.05, 0) is 18.6 Å². The highest BCUT2D eigenvalue weighted by molar-refractivity contribution is 7.94. The molecular weight excluding hydrogens is 223 g/mol. The summed E-state index contributed by atoms with van der Waals surface area (Å²) >= 11 is 0. The van der Waals surface area contributed by atoms with Gasteiger partial charge in [-0.25, -0.2) is 12.8 Å². The molecule has 1 fully saturated rings. The van der Waals surface area contributed by atoms with E-state index in [0.717, 1.165) is 6.08 Å². The third kappa shape index (κ3) is 1.40. The van der Waals surface area contributed by atoms with Crippen molar-refractivity contribution >= 4 is 15.8 Å². The average molecular weight is 232 g/mol. The second-order valence-corrected chi connectivity index (χ2v) is 5.97. The largest absolute Gasteiger partial charge is 0.480 e. The van der Waals surface area contributed by atoms with E-state index >= 15 is 0 Å². The quantitative estimate of drug-likeness (QED) is 0.721. The Morgan fingerprint density at radius 1 is 1.60 bits per heavy atom. The maximum atomic E-state index is 12.7. The summed E-state index contributed by atoms with van der Waals surface area (Å²) in [5, 5.41) is 7.40. The van der Waals surface area contributed by atoms with Gasteiger partial charge in [0.05, 0.1) is 5.75 Å². The lowest BCUT2D eigenvalue weighted by Gasteiger charge is -2.44. The lowest BCUT2D eigenvalue weighted by molar-refractivity contribution is -0.138. The predicted molar refractivity (Wildman–Crippen MR) is 50.6 cm³/mol. The van der Waals surface area contributed by atoms with Crippen LogP contribution in [0.25, 0.3) is 0 Å². The first-order valence-electron chi connectivity index (χ1n) is 4.37. The molecule has 0 amide bonds. The molecular formula is C9H9FO4S. The lowest BCUT2D eigenvalue weighted by atomic mass is 9.79. The van der Waals surface area contributed by atoms with Crippen LogP contribution in [-0.2, 0) is 14.6 Å². The van der Waals surface area contributed by atoms with E-state index in [1.54, 1.807) is 0 Å². The number of allylic oxidation sites excluding steroid dienone is 4. The third-order valence-electron chi connectivity index (χ3n) is 2.83. The summed E-state index contributed by atoms with van der Waals surface area (Å²) in [6.45, 7) is 0. The highest BCUT2D eigenvalue weighted by Crippen LogP contribution is 2.47. The highest BCUT2D eigenvalue weighted by Gasteiger charge is 2.61. The summed E-state index contributed by atoms with van der Waals surface area (Å²) in [5.41, 5.74) is -0.930. The van der Waals surface area contributed by atoms with Crippen molar-refractivity contribution in [2.24, 2.45) is 5.41 Å². The van der Waals surface area contributed by atoms with Crippen LogP contribution >= 0.6 is 0 Å². The Morgan fingerprint density at radius 2 is 2.27 bits per heavy atom. The minimum absolute atomic E-state index is 0.130. The number of hydrogen-bond donors (Lipinski definition) is 1. The van der Waals surface area contributed by atoms with E-state index in [0.29, 0.717) is 0 Å². The van der Waals surface area contributed by atoms with Crippen molar-refractivity contribution in [3.05, 3.63) is 24.1 Å². The maximum absolute atomic E-state index is 12.7. The molecule has 0 bridgehead atoms. The van der Waals surface area contributed by atoms with E-state index in [1.165, 1.54) is 12.2 Å². The van der Waals surface area contributed by atoms with Gasteiger partial charge >= 0.3 is 5.97 Å². The number of carboxylic acids is 1. The van der Waals surface area contributed by atoms with Gasteiger partial charge in [0, 0.05) is 5.41 Å². The van der Waals surface area contributed by atoms with Gasteiger partial charge < -0.3 is 5.11 Å². The summed E-state index contributed by atoms with van der Waals surface area (Å²) in [7, 11) is -3.55. The lowest BCUT2D eigenvalue weighted by Crippen LogP contribution is -2.60. The summed E-state index contributed by atoms with van der Waals surface area (Å²) < 4.78 is 35.3. The topological polar surface area (TPSA) is 71.4 Å². The maximum Gasteiger partial charge on any atom is 0.322 e. The second-order valence-electron chi connectivity index (χ2n) is 3.89. The number of carboxylic acid groups (broad SMARTS) is 1. The molecule has 1 aliphatic heterocycles. The minimum atomic E-state index is -3.55. The summed E-state index contributed by atoms with van der Waals surface area (Å²) in [6.07, 6.45) is 3.85. The molecule has 2 aliphatic rings. The zero-order chi connectivity index (χ0) is 11.3. The third-order valence-corrected chi connectivity index (χ3v) is 5.16. The van der Waals surface area contributed by atoms with Crippen LogP contribution in [0.2, 0.25) is 0 Å². The van der Waals surface area contributed by atoms with Crippen LogP contribution in [0.5, 0.6) is 0 Å². The van der Waals surface area contributed by atoms with E-state index < -0.39 is 32.3 Å². The van der Waals surface area contributed by atoms with Crippen LogP contribution in [-0.4, -0.2) is 30.5 Å². The number of rotatable bonds is 1. The van der Waals surface area contributed by atoms with Crippen molar-refractivity contribution in [1.82, 2.24) is 0 Å². The van der Waals surface area contributed by atoms with E-state index in [9.17, 15) is 17.6 Å². The van der Waals surface area contributed by atoms with Gasteiger partial charge in [0.1, 0.15) is 5.83 Å². The van der Waals surface area contributed by atoms with Crippen LogP contribution in [0.15, 0.2) is 24.1 Å². The van der Waals surface area contributed by atoms with Crippen LogP contribution < -0.4 is 0 Å². The predicted octanol–water partition coefficient (Wildman–Crippen LogP) is 0.668. The Kier molecular flexibility index (Phi) is 2.01. The van der Waals surface area contributed by atoms with E-state index in [-0.39, 0.29) is 12.2 Å². The fraction of sp³-hybridized carbons (Fsp3) is 0.444. The van der Waals surface area contributed by atoms with E-state index in [2.05, 4.69) is 0 Å². The van der Waals surface area contributed by atoms with Gasteiger partial charge in [-0.2, -0.15) is 0 Å².